The van der Waals surface area contributed by atoms with Crippen LogP contribution in [0.5, 0.6) is 0 Å². The zero-order valence-corrected chi connectivity index (χ0v) is 16.0. The summed E-state index contributed by atoms with van der Waals surface area (Å²) in [5, 5.41) is 5.87. The summed E-state index contributed by atoms with van der Waals surface area (Å²) in [5.74, 6) is 0.393. The standard InChI is InChI=1S/C23H25N3O/c1-4-16(2)21-7-5-6-8-22(21)26-23(27)25-20-11-9-18(10-12-20)19-13-14-24-17(3)15-19/h5-16H,4H2,1-3H3,(H2,25,26,27). The zero-order chi connectivity index (χ0) is 19.2. The van der Waals surface area contributed by atoms with Crippen molar-refractivity contribution in [3.8, 4) is 11.1 Å². The van der Waals surface area contributed by atoms with E-state index in [-0.39, 0.29) is 6.03 Å². The van der Waals surface area contributed by atoms with Crippen molar-refractivity contribution in [1.29, 1.82) is 0 Å². The maximum absolute atomic E-state index is 12.4. The van der Waals surface area contributed by atoms with E-state index in [1.54, 1.807) is 6.20 Å². The van der Waals surface area contributed by atoms with Gasteiger partial charge in [-0.1, -0.05) is 44.2 Å². The second-order valence-electron chi connectivity index (χ2n) is 6.74. The number of aromatic nitrogens is 1. The molecule has 0 saturated heterocycles. The van der Waals surface area contributed by atoms with Crippen LogP contribution < -0.4 is 10.6 Å². The Labute approximate surface area is 160 Å². The van der Waals surface area contributed by atoms with Crippen LogP contribution in [0.4, 0.5) is 16.2 Å². The lowest BCUT2D eigenvalue weighted by Gasteiger charge is -2.16. The van der Waals surface area contributed by atoms with Gasteiger partial charge in [0.2, 0.25) is 0 Å². The van der Waals surface area contributed by atoms with Crippen molar-refractivity contribution < 1.29 is 4.79 Å². The highest BCUT2D eigenvalue weighted by molar-refractivity contribution is 6.00. The monoisotopic (exact) mass is 359 g/mol. The highest BCUT2D eigenvalue weighted by Crippen LogP contribution is 2.27. The Morgan fingerprint density at radius 2 is 1.74 bits per heavy atom. The van der Waals surface area contributed by atoms with Crippen LogP contribution in [0.15, 0.2) is 66.9 Å². The smallest absolute Gasteiger partial charge is 0.308 e. The lowest BCUT2D eigenvalue weighted by atomic mass is 9.97. The van der Waals surface area contributed by atoms with E-state index in [0.717, 1.165) is 40.2 Å². The summed E-state index contributed by atoms with van der Waals surface area (Å²) in [6.07, 6.45) is 2.83. The Morgan fingerprint density at radius 1 is 1.00 bits per heavy atom. The van der Waals surface area contributed by atoms with Crippen molar-refractivity contribution in [2.75, 3.05) is 10.6 Å². The molecule has 1 aromatic heterocycles. The van der Waals surface area contributed by atoms with Gasteiger partial charge in [-0.25, -0.2) is 4.79 Å². The van der Waals surface area contributed by atoms with Crippen LogP contribution in [0, 0.1) is 6.92 Å². The third kappa shape index (κ3) is 4.73. The molecule has 0 bridgehead atoms. The fourth-order valence-electron chi connectivity index (χ4n) is 3.02. The molecule has 2 N–H and O–H groups in total. The summed E-state index contributed by atoms with van der Waals surface area (Å²) >= 11 is 0. The Morgan fingerprint density at radius 3 is 2.44 bits per heavy atom. The maximum atomic E-state index is 12.4. The molecule has 2 aromatic carbocycles. The lowest BCUT2D eigenvalue weighted by molar-refractivity contribution is 0.262. The fourth-order valence-corrected chi connectivity index (χ4v) is 3.02. The van der Waals surface area contributed by atoms with E-state index in [2.05, 4.69) is 35.5 Å². The number of hydrogen-bond acceptors (Lipinski definition) is 2. The number of nitrogens with one attached hydrogen (secondary N) is 2. The second-order valence-corrected chi connectivity index (χ2v) is 6.74. The molecule has 0 aliphatic carbocycles. The molecule has 3 aromatic rings. The highest BCUT2D eigenvalue weighted by Gasteiger charge is 2.11. The molecule has 0 radical (unpaired) electrons. The number of carbonyl (C=O) groups excluding carboxylic acids is 1. The van der Waals surface area contributed by atoms with Crippen molar-refractivity contribution >= 4 is 17.4 Å². The van der Waals surface area contributed by atoms with E-state index in [1.165, 1.54) is 0 Å². The summed E-state index contributed by atoms with van der Waals surface area (Å²) < 4.78 is 0. The highest BCUT2D eigenvalue weighted by atomic mass is 16.2. The number of carbonyl (C=O) groups is 1. The van der Waals surface area contributed by atoms with Gasteiger partial charge in [-0.3, -0.25) is 4.98 Å². The third-order valence-corrected chi connectivity index (χ3v) is 4.73. The summed E-state index contributed by atoms with van der Waals surface area (Å²) in [6, 6.07) is 19.5. The van der Waals surface area contributed by atoms with Crippen molar-refractivity contribution in [3.05, 3.63) is 78.1 Å². The summed E-state index contributed by atoms with van der Waals surface area (Å²) in [7, 11) is 0. The van der Waals surface area contributed by atoms with Crippen LogP contribution in [0.2, 0.25) is 0 Å². The molecule has 4 nitrogen and oxygen atoms in total. The number of hydrogen-bond donors (Lipinski definition) is 2. The summed E-state index contributed by atoms with van der Waals surface area (Å²) in [4.78, 5) is 16.6. The molecule has 3 rings (SSSR count). The molecule has 4 heteroatoms. The Kier molecular flexibility index (Phi) is 5.87. The molecule has 1 unspecified atom stereocenters. The first-order valence-corrected chi connectivity index (χ1v) is 9.27. The van der Waals surface area contributed by atoms with Gasteiger partial charge >= 0.3 is 6.03 Å². The number of benzene rings is 2. The molecular formula is C23H25N3O. The normalized spacial score (nSPS) is 11.7. The average Bonchev–Trinajstić information content (AvgIpc) is 2.68. The molecule has 2 amide bonds. The van der Waals surface area contributed by atoms with Gasteiger partial charge in [0.05, 0.1) is 0 Å². The number of pyridine rings is 1. The Hall–Kier alpha value is -3.14. The predicted molar refractivity (Wildman–Crippen MR) is 112 cm³/mol. The van der Waals surface area contributed by atoms with E-state index in [4.69, 9.17) is 0 Å². The lowest BCUT2D eigenvalue weighted by Crippen LogP contribution is -2.20. The van der Waals surface area contributed by atoms with E-state index in [9.17, 15) is 4.79 Å². The van der Waals surface area contributed by atoms with Crippen LogP contribution in [-0.4, -0.2) is 11.0 Å². The Bertz CT molecular complexity index is 919. The van der Waals surface area contributed by atoms with Gasteiger partial charge in [-0.2, -0.15) is 0 Å². The number of amides is 2. The van der Waals surface area contributed by atoms with Crippen molar-refractivity contribution in [3.63, 3.8) is 0 Å². The average molecular weight is 359 g/mol. The fraction of sp³-hybridized carbons (Fsp3) is 0.217. The van der Waals surface area contributed by atoms with Gasteiger partial charge < -0.3 is 10.6 Å². The zero-order valence-electron chi connectivity index (χ0n) is 16.0. The van der Waals surface area contributed by atoms with Crippen LogP contribution >= 0.6 is 0 Å². The van der Waals surface area contributed by atoms with E-state index < -0.39 is 0 Å². The minimum absolute atomic E-state index is 0.238. The summed E-state index contributed by atoms with van der Waals surface area (Å²) in [5.41, 5.74) is 5.94. The first-order chi connectivity index (χ1) is 13.1. The van der Waals surface area contributed by atoms with Gasteiger partial charge in [-0.15, -0.1) is 0 Å². The number of nitrogens with zero attached hydrogens (tertiary/aromatic N) is 1. The molecule has 0 aliphatic rings. The van der Waals surface area contributed by atoms with Crippen molar-refractivity contribution in [2.45, 2.75) is 33.1 Å². The van der Waals surface area contributed by atoms with E-state index >= 15 is 0 Å². The molecule has 138 valence electrons. The molecule has 0 aliphatic heterocycles. The SMILES string of the molecule is CCC(C)c1ccccc1NC(=O)Nc1ccc(-c2ccnc(C)c2)cc1. The topological polar surface area (TPSA) is 54.0 Å². The van der Waals surface area contributed by atoms with Crippen LogP contribution in [0.1, 0.15) is 37.4 Å². The number of rotatable bonds is 5. The van der Waals surface area contributed by atoms with Gasteiger partial charge in [-0.05, 0) is 66.3 Å². The number of aryl methyl sites for hydroxylation is 1. The van der Waals surface area contributed by atoms with Crippen LogP contribution in [0.3, 0.4) is 0 Å². The molecule has 27 heavy (non-hydrogen) atoms. The molecule has 0 saturated carbocycles. The van der Waals surface area contributed by atoms with Crippen molar-refractivity contribution in [1.82, 2.24) is 4.98 Å². The largest absolute Gasteiger partial charge is 0.323 e. The van der Waals surface area contributed by atoms with E-state index in [0.29, 0.717) is 5.92 Å². The van der Waals surface area contributed by atoms with Crippen LogP contribution in [0.25, 0.3) is 11.1 Å². The predicted octanol–water partition coefficient (Wildman–Crippen LogP) is 6.21. The molecule has 0 fully saturated rings. The number of para-hydroxylation sites is 1. The Balaban J connectivity index is 1.68. The van der Waals surface area contributed by atoms with Crippen LogP contribution in [-0.2, 0) is 0 Å². The van der Waals surface area contributed by atoms with Gasteiger partial charge in [0.15, 0.2) is 0 Å². The second kappa shape index (κ2) is 8.49. The number of urea groups is 1. The molecule has 0 spiro atoms. The molecule has 1 heterocycles. The third-order valence-electron chi connectivity index (χ3n) is 4.73. The molecular weight excluding hydrogens is 334 g/mol. The van der Waals surface area contributed by atoms with Gasteiger partial charge in [0.25, 0.3) is 0 Å². The van der Waals surface area contributed by atoms with Gasteiger partial charge in [0.1, 0.15) is 0 Å². The maximum Gasteiger partial charge on any atom is 0.323 e. The first kappa shape index (κ1) is 18.6. The van der Waals surface area contributed by atoms with E-state index in [1.807, 2.05) is 61.5 Å². The first-order valence-electron chi connectivity index (χ1n) is 9.27. The minimum Gasteiger partial charge on any atom is -0.308 e. The number of anilines is 2. The quantitative estimate of drug-likeness (QED) is 0.568. The molecule has 1 atom stereocenters. The van der Waals surface area contributed by atoms with Crippen molar-refractivity contribution in [2.24, 2.45) is 0 Å². The minimum atomic E-state index is -0.238. The summed E-state index contributed by atoms with van der Waals surface area (Å²) in [6.45, 7) is 6.28. The van der Waals surface area contributed by atoms with Gasteiger partial charge in [0, 0.05) is 23.3 Å².